The van der Waals surface area contributed by atoms with Gasteiger partial charge in [-0.1, -0.05) is 0 Å². The van der Waals surface area contributed by atoms with Crippen LogP contribution >= 0.6 is 0 Å². The minimum Gasteiger partial charge on any atom is -0.405 e. The molecule has 4 heteroatoms. The molecule has 0 aliphatic carbocycles. The molecular formula is C6H7N3O. The molecule has 0 aliphatic heterocycles. The Morgan fingerprint density at radius 3 is 3.00 bits per heavy atom. The molecule has 1 aromatic heterocycles. The molecule has 10 heavy (non-hydrogen) atoms. The van der Waals surface area contributed by atoms with E-state index < -0.39 is 0 Å². The molecular weight excluding hydrogens is 130 g/mol. The molecule has 0 amide bonds. The highest BCUT2D eigenvalue weighted by atomic mass is 16.1. The number of aromatic amines is 1. The zero-order valence-corrected chi connectivity index (χ0v) is 5.24. The van der Waals surface area contributed by atoms with Crippen LogP contribution in [-0.2, 0) is 0 Å². The SMILES string of the molecule is N/C=C/c1cnc(=O)[nH]c1. The summed E-state index contributed by atoms with van der Waals surface area (Å²) in [5.41, 5.74) is 5.53. The van der Waals surface area contributed by atoms with Crippen LogP contribution in [0.15, 0.2) is 23.4 Å². The van der Waals surface area contributed by atoms with Crippen molar-refractivity contribution in [2.24, 2.45) is 5.73 Å². The second-order valence-corrected chi connectivity index (χ2v) is 1.71. The third-order valence-corrected chi connectivity index (χ3v) is 0.982. The molecule has 0 atom stereocenters. The zero-order chi connectivity index (χ0) is 7.40. The molecule has 0 bridgehead atoms. The van der Waals surface area contributed by atoms with Gasteiger partial charge in [-0.2, -0.15) is 0 Å². The first-order valence-electron chi connectivity index (χ1n) is 2.76. The molecule has 0 saturated heterocycles. The van der Waals surface area contributed by atoms with Crippen molar-refractivity contribution in [1.82, 2.24) is 9.97 Å². The van der Waals surface area contributed by atoms with Crippen LogP contribution in [0.1, 0.15) is 5.56 Å². The summed E-state index contributed by atoms with van der Waals surface area (Å²) in [7, 11) is 0. The summed E-state index contributed by atoms with van der Waals surface area (Å²) >= 11 is 0. The molecule has 1 heterocycles. The number of H-pyrrole nitrogens is 1. The fraction of sp³-hybridized carbons (Fsp3) is 0. The Morgan fingerprint density at radius 2 is 2.50 bits per heavy atom. The van der Waals surface area contributed by atoms with Gasteiger partial charge in [0.1, 0.15) is 0 Å². The standard InChI is InChI=1S/C6H7N3O/c7-2-1-5-3-8-6(10)9-4-5/h1-4H,7H2,(H,8,9,10)/b2-1+. The summed E-state index contributed by atoms with van der Waals surface area (Å²) < 4.78 is 0. The molecule has 0 aromatic carbocycles. The minimum atomic E-state index is -0.353. The second kappa shape index (κ2) is 2.82. The molecule has 0 aliphatic rings. The normalized spacial score (nSPS) is 10.4. The van der Waals surface area contributed by atoms with E-state index in [1.165, 1.54) is 12.4 Å². The van der Waals surface area contributed by atoms with Crippen LogP contribution in [0.4, 0.5) is 0 Å². The van der Waals surface area contributed by atoms with Gasteiger partial charge in [0.2, 0.25) is 0 Å². The van der Waals surface area contributed by atoms with E-state index in [1.54, 1.807) is 12.3 Å². The van der Waals surface area contributed by atoms with E-state index in [0.717, 1.165) is 5.56 Å². The van der Waals surface area contributed by atoms with Gasteiger partial charge in [-0.15, -0.1) is 0 Å². The first-order valence-corrected chi connectivity index (χ1v) is 2.76. The maximum Gasteiger partial charge on any atom is 0.344 e. The monoisotopic (exact) mass is 137 g/mol. The maximum absolute atomic E-state index is 10.4. The highest BCUT2D eigenvalue weighted by Crippen LogP contribution is 1.91. The van der Waals surface area contributed by atoms with E-state index in [9.17, 15) is 4.79 Å². The van der Waals surface area contributed by atoms with Gasteiger partial charge in [-0.05, 0) is 12.3 Å². The fourth-order valence-electron chi connectivity index (χ4n) is 0.555. The van der Waals surface area contributed by atoms with Crippen molar-refractivity contribution in [3.8, 4) is 0 Å². The van der Waals surface area contributed by atoms with E-state index in [1.807, 2.05) is 0 Å². The predicted molar refractivity (Wildman–Crippen MR) is 38.1 cm³/mol. The van der Waals surface area contributed by atoms with E-state index in [2.05, 4.69) is 9.97 Å². The summed E-state index contributed by atoms with van der Waals surface area (Å²) in [6.45, 7) is 0. The largest absolute Gasteiger partial charge is 0.405 e. The summed E-state index contributed by atoms with van der Waals surface area (Å²) in [4.78, 5) is 16.3. The topological polar surface area (TPSA) is 71.8 Å². The smallest absolute Gasteiger partial charge is 0.344 e. The van der Waals surface area contributed by atoms with E-state index >= 15 is 0 Å². The van der Waals surface area contributed by atoms with Gasteiger partial charge in [0.25, 0.3) is 0 Å². The van der Waals surface area contributed by atoms with Crippen LogP contribution in [0, 0.1) is 0 Å². The second-order valence-electron chi connectivity index (χ2n) is 1.71. The number of nitrogens with zero attached hydrogens (tertiary/aromatic N) is 1. The molecule has 0 saturated carbocycles. The third-order valence-electron chi connectivity index (χ3n) is 0.982. The van der Waals surface area contributed by atoms with Gasteiger partial charge in [-0.3, -0.25) is 0 Å². The average Bonchev–Trinajstić information content (AvgIpc) is 1.95. The lowest BCUT2D eigenvalue weighted by Gasteiger charge is -1.86. The number of nitrogens with two attached hydrogens (primary N) is 1. The van der Waals surface area contributed by atoms with Gasteiger partial charge >= 0.3 is 5.69 Å². The lowest BCUT2D eigenvalue weighted by molar-refractivity contribution is 1.07. The highest BCUT2D eigenvalue weighted by Gasteiger charge is 1.84. The summed E-state index contributed by atoms with van der Waals surface area (Å²) in [5, 5.41) is 0. The molecule has 4 nitrogen and oxygen atoms in total. The van der Waals surface area contributed by atoms with Gasteiger partial charge in [-0.25, -0.2) is 9.78 Å². The first-order chi connectivity index (χ1) is 4.83. The third kappa shape index (κ3) is 1.45. The zero-order valence-electron chi connectivity index (χ0n) is 5.24. The summed E-state index contributed by atoms with van der Waals surface area (Å²) in [5.74, 6) is 0. The number of nitrogens with one attached hydrogen (secondary N) is 1. The molecule has 52 valence electrons. The summed E-state index contributed by atoms with van der Waals surface area (Å²) in [6, 6.07) is 0. The lowest BCUT2D eigenvalue weighted by atomic mass is 10.3. The Balaban J connectivity index is 3.00. The first kappa shape index (κ1) is 6.54. The van der Waals surface area contributed by atoms with Gasteiger partial charge in [0, 0.05) is 18.0 Å². The molecule has 0 unspecified atom stereocenters. The highest BCUT2D eigenvalue weighted by molar-refractivity contribution is 5.45. The van der Waals surface area contributed by atoms with Crippen molar-refractivity contribution in [1.29, 1.82) is 0 Å². The molecule has 0 fully saturated rings. The Hall–Kier alpha value is -1.58. The Kier molecular flexibility index (Phi) is 1.84. The van der Waals surface area contributed by atoms with Crippen LogP contribution in [-0.4, -0.2) is 9.97 Å². The van der Waals surface area contributed by atoms with Crippen LogP contribution in [0.2, 0.25) is 0 Å². The lowest BCUT2D eigenvalue weighted by Crippen LogP contribution is -2.07. The number of rotatable bonds is 1. The van der Waals surface area contributed by atoms with Crippen molar-refractivity contribution < 1.29 is 0 Å². The van der Waals surface area contributed by atoms with Gasteiger partial charge < -0.3 is 10.7 Å². The molecule has 1 aromatic rings. The van der Waals surface area contributed by atoms with Crippen LogP contribution < -0.4 is 11.4 Å². The fourth-order valence-corrected chi connectivity index (χ4v) is 0.555. The van der Waals surface area contributed by atoms with Crippen molar-refractivity contribution >= 4 is 6.08 Å². The Labute approximate surface area is 57.4 Å². The summed E-state index contributed by atoms with van der Waals surface area (Å²) in [6.07, 6.45) is 6.01. The van der Waals surface area contributed by atoms with Crippen molar-refractivity contribution in [2.45, 2.75) is 0 Å². The Bertz CT molecular complexity index is 269. The average molecular weight is 137 g/mol. The van der Waals surface area contributed by atoms with Gasteiger partial charge in [0.05, 0.1) is 0 Å². The van der Waals surface area contributed by atoms with Crippen LogP contribution in [0.5, 0.6) is 0 Å². The van der Waals surface area contributed by atoms with Crippen molar-refractivity contribution in [2.75, 3.05) is 0 Å². The van der Waals surface area contributed by atoms with Gasteiger partial charge in [0.15, 0.2) is 0 Å². The molecule has 0 spiro atoms. The van der Waals surface area contributed by atoms with Crippen LogP contribution in [0.25, 0.3) is 6.08 Å². The number of hydrogen-bond acceptors (Lipinski definition) is 3. The van der Waals surface area contributed by atoms with E-state index in [4.69, 9.17) is 5.73 Å². The van der Waals surface area contributed by atoms with Crippen molar-refractivity contribution in [3.63, 3.8) is 0 Å². The maximum atomic E-state index is 10.4. The van der Waals surface area contributed by atoms with Crippen LogP contribution in [0.3, 0.4) is 0 Å². The van der Waals surface area contributed by atoms with E-state index in [0.29, 0.717) is 0 Å². The Morgan fingerprint density at radius 1 is 1.70 bits per heavy atom. The predicted octanol–water partition coefficient (Wildman–Crippen LogP) is -0.301. The molecule has 0 radical (unpaired) electrons. The minimum absolute atomic E-state index is 0.353. The van der Waals surface area contributed by atoms with E-state index in [-0.39, 0.29) is 5.69 Å². The number of aromatic nitrogens is 2. The molecule has 3 N–H and O–H groups in total. The molecule has 1 rings (SSSR count). The van der Waals surface area contributed by atoms with Crippen molar-refractivity contribution in [3.05, 3.63) is 34.6 Å². The quantitative estimate of drug-likeness (QED) is 0.558. The number of hydrogen-bond donors (Lipinski definition) is 2.